The average Bonchev–Trinajstić information content (AvgIpc) is 2.65. The number of piperidine rings is 1. The zero-order valence-corrected chi connectivity index (χ0v) is 16.8. The van der Waals surface area contributed by atoms with E-state index in [2.05, 4.69) is 5.32 Å². The van der Waals surface area contributed by atoms with Gasteiger partial charge in [0.1, 0.15) is 12.4 Å². The number of rotatable bonds is 1. The second-order valence-electron chi connectivity index (χ2n) is 9.24. The number of carbonyl (C=O) groups is 2. The SMILES string of the molecule is O=C1CO[C@H]2CCN(C(=O)N3CC4(CC(c5ccc(C(F)(F)F)cc5F)C4)C3)C[C@H]2N1. The topological polar surface area (TPSA) is 61.9 Å². The lowest BCUT2D eigenvalue weighted by Crippen LogP contribution is -2.68. The number of urea groups is 1. The van der Waals surface area contributed by atoms with Gasteiger partial charge in [-0.25, -0.2) is 9.18 Å². The van der Waals surface area contributed by atoms with Crippen molar-refractivity contribution < 1.29 is 31.9 Å². The van der Waals surface area contributed by atoms with Crippen molar-refractivity contribution in [2.75, 3.05) is 32.8 Å². The number of carbonyl (C=O) groups excluding carboxylic acids is 2. The smallest absolute Gasteiger partial charge is 0.366 e. The molecule has 3 saturated heterocycles. The lowest BCUT2D eigenvalue weighted by molar-refractivity contribution is -0.140. The lowest BCUT2D eigenvalue weighted by Gasteiger charge is -2.60. The van der Waals surface area contributed by atoms with Gasteiger partial charge in [-0.05, 0) is 42.9 Å². The molecule has 3 aliphatic heterocycles. The zero-order chi connectivity index (χ0) is 22.0. The van der Waals surface area contributed by atoms with Crippen LogP contribution in [0.25, 0.3) is 0 Å². The molecule has 1 aromatic rings. The van der Waals surface area contributed by atoms with Gasteiger partial charge in [0, 0.05) is 31.6 Å². The highest BCUT2D eigenvalue weighted by Gasteiger charge is 2.55. The Labute approximate surface area is 176 Å². The molecule has 10 heteroatoms. The van der Waals surface area contributed by atoms with Crippen LogP contribution in [0.4, 0.5) is 22.4 Å². The van der Waals surface area contributed by atoms with Gasteiger partial charge in [-0.15, -0.1) is 0 Å². The largest absolute Gasteiger partial charge is 0.416 e. The van der Waals surface area contributed by atoms with Crippen molar-refractivity contribution in [1.29, 1.82) is 0 Å². The number of likely N-dealkylation sites (tertiary alicyclic amines) is 2. The van der Waals surface area contributed by atoms with Crippen LogP contribution in [0.3, 0.4) is 0 Å². The molecule has 0 aromatic heterocycles. The minimum Gasteiger partial charge on any atom is -0.366 e. The second kappa shape index (κ2) is 7.08. The van der Waals surface area contributed by atoms with Gasteiger partial charge in [-0.3, -0.25) is 4.79 Å². The summed E-state index contributed by atoms with van der Waals surface area (Å²) in [6.45, 7) is 2.18. The fraction of sp³-hybridized carbons (Fsp3) is 0.619. The molecule has 0 bridgehead atoms. The molecule has 3 amide bonds. The van der Waals surface area contributed by atoms with E-state index < -0.39 is 17.6 Å². The van der Waals surface area contributed by atoms with E-state index in [0.29, 0.717) is 57.1 Å². The number of halogens is 4. The van der Waals surface area contributed by atoms with Crippen molar-refractivity contribution in [1.82, 2.24) is 15.1 Å². The number of fused-ring (bicyclic) bond motifs is 1. The van der Waals surface area contributed by atoms with E-state index in [1.165, 1.54) is 6.07 Å². The molecule has 4 fully saturated rings. The summed E-state index contributed by atoms with van der Waals surface area (Å²) in [7, 11) is 0. The van der Waals surface area contributed by atoms with E-state index in [1.54, 1.807) is 9.80 Å². The molecule has 1 saturated carbocycles. The first kappa shape index (κ1) is 20.5. The van der Waals surface area contributed by atoms with Crippen LogP contribution in [0.1, 0.15) is 36.3 Å². The third-order valence-corrected chi connectivity index (χ3v) is 7.04. The molecule has 31 heavy (non-hydrogen) atoms. The number of nitrogens with one attached hydrogen (secondary N) is 1. The number of benzene rings is 1. The van der Waals surface area contributed by atoms with Gasteiger partial charge in [0.05, 0.1) is 17.7 Å². The maximum atomic E-state index is 14.2. The van der Waals surface area contributed by atoms with Gasteiger partial charge in [-0.2, -0.15) is 13.2 Å². The fourth-order valence-electron chi connectivity index (χ4n) is 5.47. The van der Waals surface area contributed by atoms with Gasteiger partial charge in [-0.1, -0.05) is 6.07 Å². The average molecular weight is 441 g/mol. The van der Waals surface area contributed by atoms with Gasteiger partial charge in [0.2, 0.25) is 5.91 Å². The fourth-order valence-corrected chi connectivity index (χ4v) is 5.47. The van der Waals surface area contributed by atoms with Crippen LogP contribution in [-0.2, 0) is 15.7 Å². The van der Waals surface area contributed by atoms with Crippen molar-refractivity contribution in [3.05, 3.63) is 35.1 Å². The molecular weight excluding hydrogens is 418 g/mol. The third-order valence-electron chi connectivity index (χ3n) is 7.04. The molecule has 1 N–H and O–H groups in total. The lowest BCUT2D eigenvalue weighted by atomic mass is 9.56. The second-order valence-corrected chi connectivity index (χ2v) is 9.24. The Morgan fingerprint density at radius 3 is 2.61 bits per heavy atom. The van der Waals surface area contributed by atoms with E-state index in [4.69, 9.17) is 4.74 Å². The van der Waals surface area contributed by atoms with Crippen molar-refractivity contribution in [3.8, 4) is 0 Å². The number of hydrogen-bond donors (Lipinski definition) is 1. The van der Waals surface area contributed by atoms with Crippen molar-refractivity contribution in [3.63, 3.8) is 0 Å². The Morgan fingerprint density at radius 2 is 1.94 bits per heavy atom. The molecule has 3 heterocycles. The van der Waals surface area contributed by atoms with E-state index in [0.717, 1.165) is 6.07 Å². The predicted octanol–water partition coefficient (Wildman–Crippen LogP) is 2.73. The van der Waals surface area contributed by atoms with Crippen LogP contribution in [-0.4, -0.2) is 66.7 Å². The molecule has 2 atom stereocenters. The summed E-state index contributed by atoms with van der Waals surface area (Å²) in [5.74, 6) is -1.11. The highest BCUT2D eigenvalue weighted by atomic mass is 19.4. The van der Waals surface area contributed by atoms with Crippen molar-refractivity contribution >= 4 is 11.9 Å². The van der Waals surface area contributed by atoms with Gasteiger partial charge in [0.25, 0.3) is 0 Å². The van der Waals surface area contributed by atoms with Crippen LogP contribution >= 0.6 is 0 Å². The Hall–Kier alpha value is -2.36. The van der Waals surface area contributed by atoms with Crippen LogP contribution in [0, 0.1) is 11.2 Å². The van der Waals surface area contributed by atoms with E-state index >= 15 is 0 Å². The van der Waals surface area contributed by atoms with Crippen LogP contribution in [0.15, 0.2) is 18.2 Å². The highest BCUT2D eigenvalue weighted by Crippen LogP contribution is 2.56. The summed E-state index contributed by atoms with van der Waals surface area (Å²) in [5.41, 5.74) is -0.735. The monoisotopic (exact) mass is 441 g/mol. The number of ether oxygens (including phenoxy) is 1. The minimum absolute atomic E-state index is 0.0597. The summed E-state index contributed by atoms with van der Waals surface area (Å²) in [6.07, 6.45) is -2.63. The Morgan fingerprint density at radius 1 is 1.19 bits per heavy atom. The van der Waals surface area contributed by atoms with Gasteiger partial charge in [0.15, 0.2) is 0 Å². The number of morpholine rings is 1. The highest BCUT2D eigenvalue weighted by molar-refractivity contribution is 5.79. The molecule has 0 radical (unpaired) electrons. The van der Waals surface area contributed by atoms with Crippen molar-refractivity contribution in [2.45, 2.75) is 43.5 Å². The molecule has 0 unspecified atom stereocenters. The molecule has 168 valence electrons. The maximum Gasteiger partial charge on any atom is 0.416 e. The number of nitrogens with zero attached hydrogens (tertiary/aromatic N) is 2. The predicted molar refractivity (Wildman–Crippen MR) is 101 cm³/mol. The first-order valence-electron chi connectivity index (χ1n) is 10.5. The quantitative estimate of drug-likeness (QED) is 0.682. The van der Waals surface area contributed by atoms with Gasteiger partial charge >= 0.3 is 12.2 Å². The standard InChI is InChI=1S/C21H23F4N3O3/c22-15-5-13(21(23,24)25)1-2-14(15)12-6-20(7-12)10-28(11-20)19(30)27-4-3-17-16(8-27)26-18(29)9-31-17/h1-2,5,12,16-17H,3-4,6-11H2,(H,26,29)/t16-,17+/m1/s1. The molecule has 4 aliphatic rings. The Kier molecular flexibility index (Phi) is 4.69. The molecular formula is C21H23F4N3O3. The van der Waals surface area contributed by atoms with Gasteiger partial charge < -0.3 is 19.9 Å². The summed E-state index contributed by atoms with van der Waals surface area (Å²) in [4.78, 5) is 27.9. The first-order valence-corrected chi connectivity index (χ1v) is 10.5. The molecule has 1 aromatic carbocycles. The molecule has 1 spiro atoms. The number of amides is 3. The Bertz CT molecular complexity index is 908. The van der Waals surface area contributed by atoms with Crippen LogP contribution in [0.5, 0.6) is 0 Å². The third kappa shape index (κ3) is 3.64. The van der Waals surface area contributed by atoms with Crippen molar-refractivity contribution in [2.24, 2.45) is 5.41 Å². The Balaban J connectivity index is 1.14. The summed E-state index contributed by atoms with van der Waals surface area (Å²) in [5, 5.41) is 2.88. The first-order chi connectivity index (χ1) is 14.6. The summed E-state index contributed by atoms with van der Waals surface area (Å²) in [6, 6.07) is 2.46. The zero-order valence-electron chi connectivity index (χ0n) is 16.8. The van der Waals surface area contributed by atoms with E-state index in [-0.39, 0.29) is 42.0 Å². The minimum atomic E-state index is -4.56. The van der Waals surface area contributed by atoms with E-state index in [9.17, 15) is 27.2 Å². The van der Waals surface area contributed by atoms with E-state index in [1.807, 2.05) is 0 Å². The van der Waals surface area contributed by atoms with Crippen LogP contribution in [0.2, 0.25) is 0 Å². The van der Waals surface area contributed by atoms with Crippen LogP contribution < -0.4 is 5.32 Å². The normalized spacial score (nSPS) is 27.9. The molecule has 5 rings (SSSR count). The molecule has 1 aliphatic carbocycles. The summed E-state index contributed by atoms with van der Waals surface area (Å²) >= 11 is 0. The molecule has 6 nitrogen and oxygen atoms in total. The maximum absolute atomic E-state index is 14.2. The number of hydrogen-bond acceptors (Lipinski definition) is 3. The summed E-state index contributed by atoms with van der Waals surface area (Å²) < 4.78 is 57.9. The number of alkyl halides is 3.